The first kappa shape index (κ1) is 16.5. The van der Waals surface area contributed by atoms with E-state index in [0.29, 0.717) is 27.9 Å². The van der Waals surface area contributed by atoms with Crippen LogP contribution in [0, 0.1) is 0 Å². The van der Waals surface area contributed by atoms with Crippen molar-refractivity contribution in [2.45, 2.75) is 47.6 Å². The van der Waals surface area contributed by atoms with Crippen LogP contribution >= 0.6 is 11.3 Å². The zero-order valence-corrected chi connectivity index (χ0v) is 15.4. The number of rotatable bonds is 3. The van der Waals surface area contributed by atoms with Crippen LogP contribution in [-0.4, -0.2) is 24.7 Å². The Morgan fingerprint density at radius 2 is 2.08 bits per heavy atom. The van der Waals surface area contributed by atoms with Gasteiger partial charge < -0.3 is 5.32 Å². The molecule has 3 heterocycles. The van der Waals surface area contributed by atoms with Crippen molar-refractivity contribution in [1.29, 1.82) is 0 Å². The summed E-state index contributed by atoms with van der Waals surface area (Å²) in [5.74, 6) is 1.03. The van der Waals surface area contributed by atoms with Crippen molar-refractivity contribution in [2.24, 2.45) is 0 Å². The molecule has 1 aliphatic carbocycles. The molecular weight excluding hydrogens is 358 g/mol. The van der Waals surface area contributed by atoms with E-state index < -0.39 is 15.1 Å². The van der Waals surface area contributed by atoms with Gasteiger partial charge in [0.25, 0.3) is 0 Å². The molecule has 2 aliphatic rings. The third-order valence-electron chi connectivity index (χ3n) is 4.70. The molecule has 0 unspecified atom stereocenters. The molecule has 0 bridgehead atoms. The summed E-state index contributed by atoms with van der Waals surface area (Å²) in [6.07, 6.45) is 2.67. The van der Waals surface area contributed by atoms with Crippen LogP contribution in [0.3, 0.4) is 0 Å². The molecule has 0 aromatic carbocycles. The number of urea groups is 1. The van der Waals surface area contributed by atoms with Gasteiger partial charge in [-0.1, -0.05) is 6.07 Å². The lowest BCUT2D eigenvalue weighted by Gasteiger charge is -2.27. The van der Waals surface area contributed by atoms with Gasteiger partial charge in [0.1, 0.15) is 10.0 Å². The average molecular weight is 377 g/mol. The molecule has 1 saturated carbocycles. The van der Waals surface area contributed by atoms with Gasteiger partial charge in [0, 0.05) is 17.2 Å². The molecule has 2 amide bonds. The lowest BCUT2D eigenvalue weighted by molar-refractivity contribution is 0.247. The van der Waals surface area contributed by atoms with Gasteiger partial charge in [-0.05, 0) is 49.8 Å². The fourth-order valence-electron chi connectivity index (χ4n) is 3.14. The van der Waals surface area contributed by atoms with E-state index >= 15 is 0 Å². The van der Waals surface area contributed by atoms with Gasteiger partial charge in [-0.3, -0.25) is 5.32 Å². The van der Waals surface area contributed by atoms with Crippen molar-refractivity contribution in [3.8, 4) is 0 Å². The Morgan fingerprint density at radius 3 is 2.84 bits per heavy atom. The molecule has 25 heavy (non-hydrogen) atoms. The molecule has 2 aromatic rings. The van der Waals surface area contributed by atoms with Gasteiger partial charge in [0.2, 0.25) is 0 Å². The maximum atomic E-state index is 12.4. The molecular formula is C17H19N3O3S2. The number of nitrogens with one attached hydrogen (secondary N) is 2. The number of amides is 2. The Kier molecular flexibility index (Phi) is 4.04. The smallest absolute Gasteiger partial charge is 0.320 e. The highest BCUT2D eigenvalue weighted by molar-refractivity contribution is 7.94. The number of hydrogen-bond donors (Lipinski definition) is 2. The van der Waals surface area contributed by atoms with Crippen LogP contribution in [0.2, 0.25) is 0 Å². The number of anilines is 1. The van der Waals surface area contributed by atoms with Crippen LogP contribution in [0.25, 0.3) is 0 Å². The summed E-state index contributed by atoms with van der Waals surface area (Å²) in [7, 11) is -3.28. The topological polar surface area (TPSA) is 88.2 Å². The summed E-state index contributed by atoms with van der Waals surface area (Å²) >= 11 is 1.21. The molecule has 0 spiro atoms. The fourth-order valence-corrected chi connectivity index (χ4v) is 6.37. The number of thiophene rings is 1. The number of sulfone groups is 1. The normalized spacial score (nSPS) is 24.4. The zero-order chi connectivity index (χ0) is 17.6. The maximum Gasteiger partial charge on any atom is 0.320 e. The lowest BCUT2D eigenvalue weighted by atomic mass is 10.1. The second-order valence-corrected chi connectivity index (χ2v) is 10.1. The van der Waals surface area contributed by atoms with Crippen LogP contribution in [0.4, 0.5) is 10.6 Å². The predicted octanol–water partition coefficient (Wildman–Crippen LogP) is 3.45. The number of fused-ring (bicyclic) bond motifs is 1. The van der Waals surface area contributed by atoms with Gasteiger partial charge >= 0.3 is 6.03 Å². The summed E-state index contributed by atoms with van der Waals surface area (Å²) in [6, 6.07) is 6.73. The Bertz CT molecular complexity index is 919. The largest absolute Gasteiger partial charge is 0.331 e. The number of carbonyl (C=O) groups is 1. The van der Waals surface area contributed by atoms with Crippen molar-refractivity contribution in [2.75, 3.05) is 5.32 Å². The van der Waals surface area contributed by atoms with Gasteiger partial charge in [0.15, 0.2) is 9.84 Å². The Balaban J connectivity index is 1.49. The molecule has 6 nitrogen and oxygen atoms in total. The lowest BCUT2D eigenvalue weighted by Crippen LogP contribution is -2.38. The van der Waals surface area contributed by atoms with E-state index in [1.807, 2.05) is 12.1 Å². The first-order valence-electron chi connectivity index (χ1n) is 8.31. The number of nitrogens with zero attached hydrogens (tertiary/aromatic N) is 1. The molecule has 132 valence electrons. The summed E-state index contributed by atoms with van der Waals surface area (Å²) < 4.78 is 25.1. The Morgan fingerprint density at radius 1 is 1.28 bits per heavy atom. The Labute approximate surface area is 150 Å². The van der Waals surface area contributed by atoms with Crippen LogP contribution in [0.1, 0.15) is 49.4 Å². The predicted molar refractivity (Wildman–Crippen MR) is 96.7 cm³/mol. The number of aromatic nitrogens is 1. The maximum absolute atomic E-state index is 12.4. The van der Waals surface area contributed by atoms with Crippen LogP contribution in [0.15, 0.2) is 33.9 Å². The van der Waals surface area contributed by atoms with Gasteiger partial charge in [-0.25, -0.2) is 18.2 Å². The van der Waals surface area contributed by atoms with E-state index in [-0.39, 0.29) is 12.1 Å². The van der Waals surface area contributed by atoms with E-state index in [9.17, 15) is 13.2 Å². The third kappa shape index (κ3) is 3.16. The molecule has 8 heteroatoms. The van der Waals surface area contributed by atoms with E-state index in [2.05, 4.69) is 15.6 Å². The second kappa shape index (κ2) is 6.10. The number of pyridine rings is 1. The van der Waals surface area contributed by atoms with Crippen LogP contribution < -0.4 is 10.6 Å². The average Bonchev–Trinajstić information content (AvgIpc) is 3.29. The van der Waals surface area contributed by atoms with E-state index in [4.69, 9.17) is 0 Å². The highest BCUT2D eigenvalue weighted by atomic mass is 32.2. The third-order valence-corrected chi connectivity index (χ3v) is 8.41. The standard InChI is InChI=1S/C17H19N3O3S2/c1-10-9-14(12-7-8-24-16(12)25(10,22)23)19-17(21)20-15-4-2-3-13(18-15)11-5-6-11/h2-4,7-8,10-11,14H,5-6,9H2,1H3,(H2,18,19,20,21)/t10-,14-/m0/s1. The number of hydrogen-bond acceptors (Lipinski definition) is 5. The summed E-state index contributed by atoms with van der Waals surface area (Å²) in [5.41, 5.74) is 1.69. The van der Waals surface area contributed by atoms with E-state index in [0.717, 1.165) is 18.5 Å². The van der Waals surface area contributed by atoms with Crippen molar-refractivity contribution in [3.63, 3.8) is 0 Å². The van der Waals surface area contributed by atoms with Crippen molar-refractivity contribution in [3.05, 3.63) is 40.9 Å². The van der Waals surface area contributed by atoms with Crippen molar-refractivity contribution >= 4 is 33.0 Å². The van der Waals surface area contributed by atoms with Gasteiger partial charge in [-0.2, -0.15) is 0 Å². The molecule has 2 aromatic heterocycles. The van der Waals surface area contributed by atoms with Crippen molar-refractivity contribution < 1.29 is 13.2 Å². The quantitative estimate of drug-likeness (QED) is 0.857. The summed E-state index contributed by atoms with van der Waals surface area (Å²) in [5, 5.41) is 6.90. The first-order chi connectivity index (χ1) is 11.9. The van der Waals surface area contributed by atoms with Crippen LogP contribution in [0.5, 0.6) is 0 Å². The molecule has 4 rings (SSSR count). The minimum Gasteiger partial charge on any atom is -0.331 e. The van der Waals surface area contributed by atoms with Gasteiger partial charge in [-0.15, -0.1) is 11.3 Å². The minimum absolute atomic E-state index is 0.314. The summed E-state index contributed by atoms with van der Waals surface area (Å²) in [6.45, 7) is 1.69. The second-order valence-electron chi connectivity index (χ2n) is 6.63. The monoisotopic (exact) mass is 377 g/mol. The minimum atomic E-state index is -3.28. The van der Waals surface area contributed by atoms with Crippen LogP contribution in [-0.2, 0) is 9.84 Å². The molecule has 0 saturated heterocycles. The molecule has 2 atom stereocenters. The number of carbonyl (C=O) groups excluding carboxylic acids is 1. The Hall–Kier alpha value is -1.93. The molecule has 0 radical (unpaired) electrons. The molecule has 1 fully saturated rings. The van der Waals surface area contributed by atoms with Gasteiger partial charge in [0.05, 0.1) is 11.3 Å². The first-order valence-corrected chi connectivity index (χ1v) is 10.7. The van der Waals surface area contributed by atoms with E-state index in [1.165, 1.54) is 11.3 Å². The van der Waals surface area contributed by atoms with Crippen molar-refractivity contribution in [1.82, 2.24) is 10.3 Å². The molecule has 2 N–H and O–H groups in total. The molecule has 1 aliphatic heterocycles. The highest BCUT2D eigenvalue weighted by Gasteiger charge is 2.38. The highest BCUT2D eigenvalue weighted by Crippen LogP contribution is 2.40. The fraction of sp³-hybridized carbons (Fsp3) is 0.412. The summed E-state index contributed by atoms with van der Waals surface area (Å²) in [4.78, 5) is 16.8. The SMILES string of the molecule is C[C@H]1C[C@H](NC(=O)Nc2cccc(C3CC3)n2)c2ccsc2S1(=O)=O. The van der Waals surface area contributed by atoms with E-state index in [1.54, 1.807) is 24.4 Å². The zero-order valence-electron chi connectivity index (χ0n) is 13.7.